The summed E-state index contributed by atoms with van der Waals surface area (Å²) in [5.74, 6) is 0.906. The summed E-state index contributed by atoms with van der Waals surface area (Å²) in [5, 5.41) is 15.2. The molecular formula is C32H63N6O2P. The molecule has 0 aliphatic carbocycles. The molecule has 2 atom stereocenters. The number of ether oxygens (including phenoxy) is 1. The molecule has 0 saturated carbocycles. The number of piperidine rings is 1. The van der Waals surface area contributed by atoms with Gasteiger partial charge < -0.3 is 30.9 Å². The molecule has 0 bridgehead atoms. The van der Waals surface area contributed by atoms with E-state index in [0.29, 0.717) is 12.6 Å². The average Bonchev–Trinajstić information content (AvgIpc) is 2.91. The molecule has 238 valence electrons. The van der Waals surface area contributed by atoms with Gasteiger partial charge in [0, 0.05) is 43.8 Å². The van der Waals surface area contributed by atoms with Gasteiger partial charge in [-0.15, -0.1) is 0 Å². The van der Waals surface area contributed by atoms with Crippen molar-refractivity contribution >= 4 is 20.0 Å². The second-order valence-electron chi connectivity index (χ2n) is 12.7. The molecule has 0 aromatic heterocycles. The quantitative estimate of drug-likeness (QED) is 0.0657. The number of hydrogen-bond donors (Lipinski definition) is 4. The van der Waals surface area contributed by atoms with Crippen LogP contribution in [0.5, 0.6) is 0 Å². The third-order valence-corrected chi connectivity index (χ3v) is 9.50. The standard InChI is InChI=1S/C32H63N6O2P/c1-11-27(41(9)10)28(34-13-3)32(7,12-2)20-18-22-35-29(33-8)37-26-19-17-24-38(25-26)23-16-14-15-21-36-30(39)40-31(4,5)6/h13,26,34H,3,11-12,14-25H2,1-2,4-10H3,(H,36,39)(H2,33,35,37)/b28-27-/t26-,32-/m0/s1. The molecule has 1 aliphatic heterocycles. The highest BCUT2D eigenvalue weighted by molar-refractivity contribution is 7.60. The van der Waals surface area contributed by atoms with E-state index < -0.39 is 5.60 Å². The molecule has 4 N–H and O–H groups in total. The normalized spacial score (nSPS) is 18.8. The van der Waals surface area contributed by atoms with Crippen LogP contribution in [-0.2, 0) is 4.74 Å². The van der Waals surface area contributed by atoms with E-state index in [-0.39, 0.29) is 19.4 Å². The van der Waals surface area contributed by atoms with E-state index in [0.717, 1.165) is 77.1 Å². The number of rotatable bonds is 17. The van der Waals surface area contributed by atoms with Gasteiger partial charge in [-0.2, -0.15) is 0 Å². The molecule has 0 unspecified atom stereocenters. The van der Waals surface area contributed by atoms with Crippen LogP contribution in [0.4, 0.5) is 4.79 Å². The van der Waals surface area contributed by atoms with E-state index in [1.807, 2.05) is 34.0 Å². The van der Waals surface area contributed by atoms with Crippen LogP contribution in [0.3, 0.4) is 0 Å². The number of allylic oxidation sites excluding steroid dienone is 2. The molecule has 0 spiro atoms. The van der Waals surface area contributed by atoms with E-state index in [2.05, 4.69) is 71.8 Å². The van der Waals surface area contributed by atoms with Crippen molar-refractivity contribution in [3.8, 4) is 0 Å². The van der Waals surface area contributed by atoms with Crippen molar-refractivity contribution in [2.45, 2.75) is 111 Å². The number of nitrogens with one attached hydrogen (secondary N) is 4. The third-order valence-electron chi connectivity index (χ3n) is 7.88. The first-order valence-corrected chi connectivity index (χ1v) is 18.1. The van der Waals surface area contributed by atoms with Gasteiger partial charge in [-0.3, -0.25) is 4.99 Å². The van der Waals surface area contributed by atoms with E-state index in [9.17, 15) is 4.79 Å². The van der Waals surface area contributed by atoms with Gasteiger partial charge in [0.2, 0.25) is 0 Å². The van der Waals surface area contributed by atoms with Gasteiger partial charge in [-0.1, -0.05) is 41.7 Å². The Hall–Kier alpha value is -1.79. The van der Waals surface area contributed by atoms with Crippen LogP contribution in [0, 0.1) is 5.41 Å². The van der Waals surface area contributed by atoms with E-state index in [4.69, 9.17) is 4.74 Å². The van der Waals surface area contributed by atoms with Crippen LogP contribution in [0.25, 0.3) is 0 Å². The summed E-state index contributed by atoms with van der Waals surface area (Å²) in [6.07, 6.45) is 11.5. The first kappa shape index (κ1) is 37.2. The molecule has 1 aliphatic rings. The number of amides is 1. The maximum atomic E-state index is 11.8. The Bertz CT molecular complexity index is 839. The maximum absolute atomic E-state index is 11.8. The lowest BCUT2D eigenvalue weighted by Crippen LogP contribution is -2.51. The Morgan fingerprint density at radius 1 is 1.10 bits per heavy atom. The Morgan fingerprint density at radius 2 is 1.80 bits per heavy atom. The highest BCUT2D eigenvalue weighted by atomic mass is 31.1. The number of aliphatic imine (C=N–C) groups is 1. The number of guanidine groups is 1. The van der Waals surface area contributed by atoms with Crippen LogP contribution in [-0.4, -0.2) is 81.7 Å². The summed E-state index contributed by atoms with van der Waals surface area (Å²) in [5.41, 5.74) is 1.05. The largest absolute Gasteiger partial charge is 0.444 e. The first-order chi connectivity index (χ1) is 19.4. The average molecular weight is 595 g/mol. The fourth-order valence-corrected chi connectivity index (χ4v) is 6.91. The molecular weight excluding hydrogens is 531 g/mol. The number of nitrogens with zero attached hydrogens (tertiary/aromatic N) is 2. The summed E-state index contributed by atoms with van der Waals surface area (Å²) >= 11 is 0. The van der Waals surface area contributed by atoms with Crippen LogP contribution in [0.1, 0.15) is 99.3 Å². The highest BCUT2D eigenvalue weighted by Gasteiger charge is 2.29. The van der Waals surface area contributed by atoms with Crippen molar-refractivity contribution in [2.75, 3.05) is 53.1 Å². The molecule has 1 fully saturated rings. The highest BCUT2D eigenvalue weighted by Crippen LogP contribution is 2.47. The molecule has 1 saturated heterocycles. The smallest absolute Gasteiger partial charge is 0.407 e. The van der Waals surface area contributed by atoms with Crippen molar-refractivity contribution in [3.05, 3.63) is 23.8 Å². The Labute approximate surface area is 253 Å². The van der Waals surface area contributed by atoms with Crippen LogP contribution >= 0.6 is 7.92 Å². The molecule has 1 heterocycles. The monoisotopic (exact) mass is 594 g/mol. The molecule has 1 amide bonds. The molecule has 0 radical (unpaired) electrons. The molecule has 0 aromatic rings. The second kappa shape index (κ2) is 19.4. The van der Waals surface area contributed by atoms with E-state index in [1.165, 1.54) is 18.5 Å². The number of carbonyl (C=O) groups excluding carboxylic acids is 1. The lowest BCUT2D eigenvalue weighted by molar-refractivity contribution is 0.0526. The fraction of sp³-hybridized carbons (Fsp3) is 0.812. The first-order valence-electron chi connectivity index (χ1n) is 15.8. The topological polar surface area (TPSA) is 90.0 Å². The molecule has 9 heteroatoms. The van der Waals surface area contributed by atoms with Crippen LogP contribution in [0.15, 0.2) is 28.8 Å². The minimum Gasteiger partial charge on any atom is -0.444 e. The lowest BCUT2D eigenvalue weighted by atomic mass is 9.79. The van der Waals surface area contributed by atoms with Crippen LogP contribution < -0.4 is 21.3 Å². The van der Waals surface area contributed by atoms with Gasteiger partial charge in [0.25, 0.3) is 0 Å². The number of carbonyl (C=O) groups is 1. The van der Waals surface area contributed by atoms with Gasteiger partial charge in [0.05, 0.1) is 0 Å². The zero-order chi connectivity index (χ0) is 30.9. The summed E-state index contributed by atoms with van der Waals surface area (Å²) in [7, 11) is 1.72. The number of hydrogen-bond acceptors (Lipinski definition) is 5. The van der Waals surface area contributed by atoms with Gasteiger partial charge >= 0.3 is 6.09 Å². The predicted octanol–water partition coefficient (Wildman–Crippen LogP) is 6.60. The summed E-state index contributed by atoms with van der Waals surface area (Å²) in [6, 6.07) is 0.413. The summed E-state index contributed by atoms with van der Waals surface area (Å²) in [4.78, 5) is 18.8. The fourth-order valence-electron chi connectivity index (χ4n) is 5.49. The van der Waals surface area contributed by atoms with Gasteiger partial charge in [0.15, 0.2) is 5.96 Å². The minimum atomic E-state index is -0.450. The van der Waals surface area contributed by atoms with Crippen LogP contribution in [0.2, 0.25) is 0 Å². The summed E-state index contributed by atoms with van der Waals surface area (Å²) < 4.78 is 5.29. The predicted molar refractivity (Wildman–Crippen MR) is 179 cm³/mol. The Morgan fingerprint density at radius 3 is 2.39 bits per heavy atom. The van der Waals surface area contributed by atoms with Gasteiger partial charge in [0.1, 0.15) is 5.60 Å². The summed E-state index contributed by atoms with van der Waals surface area (Å²) in [6.45, 7) is 26.2. The second-order valence-corrected chi connectivity index (χ2v) is 15.0. The zero-order valence-electron chi connectivity index (χ0n) is 27.9. The minimum absolute atomic E-state index is 0.112. The van der Waals surface area contributed by atoms with Crippen molar-refractivity contribution < 1.29 is 9.53 Å². The SMILES string of the molecule is C=CN/C(=C(/CC)P(C)C)[C@@](C)(CC)CCCNC(=NC)N[C@H]1CCCN(CCCCCNC(=O)OC(C)(C)C)C1. The number of likely N-dealkylation sites (tertiary alicyclic amines) is 1. The van der Waals surface area contributed by atoms with Crippen molar-refractivity contribution in [2.24, 2.45) is 10.4 Å². The lowest BCUT2D eigenvalue weighted by Gasteiger charge is -2.35. The van der Waals surface area contributed by atoms with Gasteiger partial charge in [-0.25, -0.2) is 4.79 Å². The maximum Gasteiger partial charge on any atom is 0.407 e. The third kappa shape index (κ3) is 14.8. The Balaban J connectivity index is 2.45. The number of alkyl carbamates (subject to hydrolysis) is 1. The van der Waals surface area contributed by atoms with Crippen molar-refractivity contribution in [3.63, 3.8) is 0 Å². The van der Waals surface area contributed by atoms with Crippen molar-refractivity contribution in [1.82, 2.24) is 26.2 Å². The van der Waals surface area contributed by atoms with E-state index in [1.54, 1.807) is 5.31 Å². The molecule has 41 heavy (non-hydrogen) atoms. The van der Waals surface area contributed by atoms with E-state index >= 15 is 0 Å². The van der Waals surface area contributed by atoms with Crippen molar-refractivity contribution in [1.29, 1.82) is 0 Å². The zero-order valence-corrected chi connectivity index (χ0v) is 28.8. The van der Waals surface area contributed by atoms with Gasteiger partial charge in [-0.05, 0) is 110 Å². The molecule has 0 aromatic carbocycles. The molecule has 1 rings (SSSR count). The Kier molecular flexibility index (Phi) is 17.6. The number of unbranched alkanes of at least 4 members (excludes halogenated alkanes) is 2. The molecule has 8 nitrogen and oxygen atoms in total.